The Morgan fingerprint density at radius 3 is 2.06 bits per heavy atom. The SMILES string of the molecule is O=C(C=C[C@@H]1CC1(c1ccccc1)c1ccccc1)Nc1ccc(-c2cccnc2)cc1. The number of aromatic nitrogens is 1. The summed E-state index contributed by atoms with van der Waals surface area (Å²) in [5.74, 6) is 0.187. The van der Waals surface area contributed by atoms with Crippen molar-refractivity contribution in [1.82, 2.24) is 4.98 Å². The van der Waals surface area contributed by atoms with Gasteiger partial charge in [-0.3, -0.25) is 9.78 Å². The van der Waals surface area contributed by atoms with Crippen molar-refractivity contribution >= 4 is 11.6 Å². The highest BCUT2D eigenvalue weighted by Crippen LogP contribution is 2.59. The van der Waals surface area contributed by atoms with E-state index in [1.54, 1.807) is 12.3 Å². The maximum absolute atomic E-state index is 12.6. The van der Waals surface area contributed by atoms with Gasteiger partial charge >= 0.3 is 0 Å². The monoisotopic (exact) mass is 416 g/mol. The molecule has 32 heavy (non-hydrogen) atoms. The van der Waals surface area contributed by atoms with Crippen molar-refractivity contribution in [3.8, 4) is 11.1 Å². The molecule has 3 heteroatoms. The number of carbonyl (C=O) groups is 1. The summed E-state index contributed by atoms with van der Waals surface area (Å²) in [7, 11) is 0. The van der Waals surface area contributed by atoms with Crippen LogP contribution in [0.25, 0.3) is 11.1 Å². The zero-order chi connectivity index (χ0) is 21.8. The molecule has 0 radical (unpaired) electrons. The Labute approximate surface area is 188 Å². The third kappa shape index (κ3) is 3.97. The minimum absolute atomic E-state index is 0.0509. The van der Waals surface area contributed by atoms with Gasteiger partial charge in [-0.25, -0.2) is 0 Å². The molecule has 1 aliphatic carbocycles. The minimum Gasteiger partial charge on any atom is -0.323 e. The second-order valence-electron chi connectivity index (χ2n) is 8.18. The molecule has 156 valence electrons. The zero-order valence-electron chi connectivity index (χ0n) is 17.7. The van der Waals surface area contributed by atoms with Gasteiger partial charge in [0.05, 0.1) is 0 Å². The Kier molecular flexibility index (Phi) is 5.39. The first-order valence-corrected chi connectivity index (χ1v) is 10.9. The number of anilines is 1. The lowest BCUT2D eigenvalue weighted by Crippen LogP contribution is -2.12. The smallest absolute Gasteiger partial charge is 0.248 e. The lowest BCUT2D eigenvalue weighted by molar-refractivity contribution is -0.111. The van der Waals surface area contributed by atoms with Gasteiger partial charge in [0.15, 0.2) is 0 Å². The van der Waals surface area contributed by atoms with Gasteiger partial charge in [0, 0.05) is 23.5 Å². The highest BCUT2D eigenvalue weighted by atomic mass is 16.1. The summed E-state index contributed by atoms with van der Waals surface area (Å²) in [6, 6.07) is 32.9. The number of carbonyl (C=O) groups excluding carboxylic acids is 1. The van der Waals surface area contributed by atoms with Crippen LogP contribution < -0.4 is 5.32 Å². The summed E-state index contributed by atoms with van der Waals surface area (Å²) in [6.45, 7) is 0. The van der Waals surface area contributed by atoms with Crippen LogP contribution in [0.1, 0.15) is 17.5 Å². The third-order valence-corrected chi connectivity index (χ3v) is 6.22. The Morgan fingerprint density at radius 2 is 1.47 bits per heavy atom. The van der Waals surface area contributed by atoms with Crippen LogP contribution in [0.2, 0.25) is 0 Å². The summed E-state index contributed by atoms with van der Waals surface area (Å²) in [4.78, 5) is 16.7. The fourth-order valence-corrected chi connectivity index (χ4v) is 4.49. The van der Waals surface area contributed by atoms with E-state index < -0.39 is 0 Å². The van der Waals surface area contributed by atoms with Gasteiger partial charge in [0.1, 0.15) is 0 Å². The van der Waals surface area contributed by atoms with Crippen LogP contribution in [-0.2, 0) is 10.2 Å². The molecule has 1 aliphatic rings. The van der Waals surface area contributed by atoms with Crippen molar-refractivity contribution in [2.24, 2.45) is 5.92 Å². The van der Waals surface area contributed by atoms with E-state index in [0.717, 1.165) is 23.2 Å². The van der Waals surface area contributed by atoms with Crippen LogP contribution >= 0.6 is 0 Å². The molecule has 0 aliphatic heterocycles. The van der Waals surface area contributed by atoms with Gasteiger partial charge < -0.3 is 5.32 Å². The molecule has 1 heterocycles. The number of hydrogen-bond acceptors (Lipinski definition) is 2. The molecule has 0 spiro atoms. The average Bonchev–Trinajstić information content (AvgIpc) is 3.61. The Balaban J connectivity index is 1.29. The number of nitrogens with zero attached hydrogens (tertiary/aromatic N) is 1. The zero-order valence-corrected chi connectivity index (χ0v) is 17.7. The largest absolute Gasteiger partial charge is 0.323 e. The second-order valence-corrected chi connectivity index (χ2v) is 8.18. The molecule has 3 aromatic carbocycles. The molecule has 1 N–H and O–H groups in total. The Bertz CT molecular complexity index is 1180. The van der Waals surface area contributed by atoms with E-state index in [4.69, 9.17) is 0 Å². The van der Waals surface area contributed by atoms with Gasteiger partial charge in [0.25, 0.3) is 0 Å². The molecule has 1 saturated carbocycles. The molecule has 1 aromatic heterocycles. The maximum atomic E-state index is 12.6. The van der Waals surface area contributed by atoms with Gasteiger partial charge in [-0.05, 0) is 58.9 Å². The first kappa shape index (κ1) is 20.0. The van der Waals surface area contributed by atoms with E-state index in [0.29, 0.717) is 5.92 Å². The fourth-order valence-electron chi connectivity index (χ4n) is 4.49. The number of amides is 1. The number of pyridine rings is 1. The standard InChI is InChI=1S/C29H24N2O/c32-28(31-27-16-13-22(14-17-27)23-8-7-19-30-21-23)18-15-26-20-29(26,24-9-3-1-4-10-24)25-11-5-2-6-12-25/h1-19,21,26H,20H2,(H,31,32)/t26-/m1/s1. The van der Waals surface area contributed by atoms with Crippen LogP contribution in [0.3, 0.4) is 0 Å². The number of allylic oxidation sites excluding steroid dienone is 1. The van der Waals surface area contributed by atoms with E-state index >= 15 is 0 Å². The molecule has 0 unspecified atom stereocenters. The number of nitrogens with one attached hydrogen (secondary N) is 1. The van der Waals surface area contributed by atoms with Crippen LogP contribution in [-0.4, -0.2) is 10.9 Å². The lowest BCUT2D eigenvalue weighted by atomic mass is 9.85. The molecule has 1 atom stereocenters. The van der Waals surface area contributed by atoms with Gasteiger partial charge in [-0.2, -0.15) is 0 Å². The van der Waals surface area contributed by atoms with Crippen molar-refractivity contribution in [3.05, 3.63) is 133 Å². The van der Waals surface area contributed by atoms with Crippen LogP contribution in [0.15, 0.2) is 122 Å². The van der Waals surface area contributed by atoms with Crippen LogP contribution in [0, 0.1) is 5.92 Å². The summed E-state index contributed by atoms with van der Waals surface area (Å²) in [6.07, 6.45) is 8.32. The molecule has 0 saturated heterocycles. The molecule has 5 rings (SSSR count). The number of hydrogen-bond donors (Lipinski definition) is 1. The van der Waals surface area contributed by atoms with Crippen LogP contribution in [0.5, 0.6) is 0 Å². The third-order valence-electron chi connectivity index (χ3n) is 6.22. The first-order valence-electron chi connectivity index (χ1n) is 10.9. The Morgan fingerprint density at radius 1 is 0.812 bits per heavy atom. The summed E-state index contributed by atoms with van der Waals surface area (Å²) >= 11 is 0. The van der Waals surface area contributed by atoms with Crippen molar-refractivity contribution < 1.29 is 4.79 Å². The van der Waals surface area contributed by atoms with Crippen molar-refractivity contribution in [1.29, 1.82) is 0 Å². The quantitative estimate of drug-likeness (QED) is 0.378. The number of rotatable bonds is 6. The molecule has 4 aromatic rings. The summed E-state index contributed by atoms with van der Waals surface area (Å²) in [5.41, 5.74) is 5.45. The van der Waals surface area contributed by atoms with Crippen molar-refractivity contribution in [3.63, 3.8) is 0 Å². The molecule has 1 amide bonds. The number of benzene rings is 3. The predicted octanol–water partition coefficient (Wildman–Crippen LogP) is 6.25. The van der Waals surface area contributed by atoms with E-state index in [1.807, 2.05) is 54.7 Å². The predicted molar refractivity (Wildman–Crippen MR) is 129 cm³/mol. The molecular formula is C29H24N2O. The van der Waals surface area contributed by atoms with Gasteiger partial charge in [-0.15, -0.1) is 0 Å². The highest BCUT2D eigenvalue weighted by molar-refractivity contribution is 5.99. The summed E-state index contributed by atoms with van der Waals surface area (Å²) < 4.78 is 0. The maximum Gasteiger partial charge on any atom is 0.248 e. The van der Waals surface area contributed by atoms with E-state index in [1.165, 1.54) is 11.1 Å². The molecular weight excluding hydrogens is 392 g/mol. The normalized spacial score (nSPS) is 16.6. The van der Waals surface area contributed by atoms with E-state index in [9.17, 15) is 4.79 Å². The molecule has 1 fully saturated rings. The topological polar surface area (TPSA) is 42.0 Å². The summed E-state index contributed by atoms with van der Waals surface area (Å²) in [5, 5.41) is 2.97. The van der Waals surface area contributed by atoms with E-state index in [-0.39, 0.29) is 11.3 Å². The fraction of sp³-hybridized carbons (Fsp3) is 0.103. The van der Waals surface area contributed by atoms with Crippen molar-refractivity contribution in [2.45, 2.75) is 11.8 Å². The highest BCUT2D eigenvalue weighted by Gasteiger charge is 2.54. The minimum atomic E-state index is -0.110. The first-order chi connectivity index (χ1) is 15.8. The van der Waals surface area contributed by atoms with Crippen molar-refractivity contribution in [2.75, 3.05) is 5.32 Å². The second kappa shape index (κ2) is 8.64. The molecule has 3 nitrogen and oxygen atoms in total. The van der Waals surface area contributed by atoms with Crippen LogP contribution in [0.4, 0.5) is 5.69 Å². The average molecular weight is 417 g/mol. The Hall–Kier alpha value is -3.98. The van der Waals surface area contributed by atoms with E-state index in [2.05, 4.69) is 64.9 Å². The lowest BCUT2D eigenvalue weighted by Gasteiger charge is -2.18. The molecule has 0 bridgehead atoms. The van der Waals surface area contributed by atoms with Gasteiger partial charge in [-0.1, -0.05) is 84.9 Å². The van der Waals surface area contributed by atoms with Gasteiger partial charge in [0.2, 0.25) is 5.91 Å².